The molecule has 1 heterocycles. The Bertz CT molecular complexity index is 732. The number of ether oxygens (including phenoxy) is 1. The zero-order chi connectivity index (χ0) is 17.8. The second-order valence-electron chi connectivity index (χ2n) is 6.79. The fourth-order valence-electron chi connectivity index (χ4n) is 3.31. The topological polar surface area (TPSA) is 41.6 Å². The van der Waals surface area contributed by atoms with Crippen molar-refractivity contribution in [2.24, 2.45) is 5.92 Å². The highest BCUT2D eigenvalue weighted by molar-refractivity contribution is 5.94. The Morgan fingerprint density at radius 1 is 1.04 bits per heavy atom. The highest BCUT2D eigenvalue weighted by Gasteiger charge is 2.25. The minimum Gasteiger partial charge on any atom is -0.495 e. The molecule has 3 rings (SSSR count). The SMILES string of the molecule is COc1ccc(C)cc1NC(=O)C1CCN(c2ccc(C)cc2)CC1. The lowest BCUT2D eigenvalue weighted by Crippen LogP contribution is -2.38. The average Bonchev–Trinajstić information content (AvgIpc) is 2.63. The molecular weight excluding hydrogens is 312 g/mol. The first-order valence-electron chi connectivity index (χ1n) is 8.84. The van der Waals surface area contributed by atoms with E-state index in [1.807, 2.05) is 25.1 Å². The van der Waals surface area contributed by atoms with E-state index in [-0.39, 0.29) is 11.8 Å². The van der Waals surface area contributed by atoms with E-state index < -0.39 is 0 Å². The molecule has 0 radical (unpaired) electrons. The van der Waals surface area contributed by atoms with Crippen LogP contribution in [0.2, 0.25) is 0 Å². The fraction of sp³-hybridized carbons (Fsp3) is 0.381. The van der Waals surface area contributed by atoms with Crippen molar-refractivity contribution in [3.8, 4) is 5.75 Å². The summed E-state index contributed by atoms with van der Waals surface area (Å²) < 4.78 is 5.35. The van der Waals surface area contributed by atoms with Crippen molar-refractivity contribution in [3.63, 3.8) is 0 Å². The van der Waals surface area contributed by atoms with Crippen molar-refractivity contribution >= 4 is 17.3 Å². The van der Waals surface area contributed by atoms with E-state index in [0.717, 1.165) is 37.2 Å². The smallest absolute Gasteiger partial charge is 0.227 e. The molecule has 2 aromatic rings. The Morgan fingerprint density at radius 3 is 2.32 bits per heavy atom. The standard InChI is InChI=1S/C21H26N2O2/c1-15-4-7-18(8-5-15)23-12-10-17(11-13-23)21(24)22-19-14-16(2)6-9-20(19)25-3/h4-9,14,17H,10-13H2,1-3H3,(H,22,24). The molecule has 2 aromatic carbocycles. The van der Waals surface area contributed by atoms with E-state index in [1.165, 1.54) is 11.3 Å². The lowest BCUT2D eigenvalue weighted by molar-refractivity contribution is -0.120. The predicted octanol–water partition coefficient (Wildman–Crippen LogP) is 4.17. The molecule has 132 valence electrons. The first kappa shape index (κ1) is 17.3. The van der Waals surface area contributed by atoms with Gasteiger partial charge in [0.1, 0.15) is 5.75 Å². The van der Waals surface area contributed by atoms with Gasteiger partial charge >= 0.3 is 0 Å². The molecule has 0 saturated carbocycles. The number of rotatable bonds is 4. The van der Waals surface area contributed by atoms with E-state index in [2.05, 4.69) is 41.4 Å². The first-order chi connectivity index (χ1) is 12.1. The molecule has 1 aliphatic heterocycles. The number of hydrogen-bond acceptors (Lipinski definition) is 3. The lowest BCUT2D eigenvalue weighted by atomic mass is 9.95. The van der Waals surface area contributed by atoms with Crippen molar-refractivity contribution in [3.05, 3.63) is 53.6 Å². The molecule has 1 N–H and O–H groups in total. The maximum Gasteiger partial charge on any atom is 0.227 e. The summed E-state index contributed by atoms with van der Waals surface area (Å²) in [5, 5.41) is 3.05. The summed E-state index contributed by atoms with van der Waals surface area (Å²) in [7, 11) is 1.63. The van der Waals surface area contributed by atoms with E-state index in [9.17, 15) is 4.79 Å². The number of methoxy groups -OCH3 is 1. The second kappa shape index (κ2) is 7.60. The summed E-state index contributed by atoms with van der Waals surface area (Å²) in [5.41, 5.74) is 4.37. The second-order valence-corrected chi connectivity index (χ2v) is 6.79. The third-order valence-corrected chi connectivity index (χ3v) is 4.88. The quantitative estimate of drug-likeness (QED) is 0.910. The summed E-state index contributed by atoms with van der Waals surface area (Å²) in [4.78, 5) is 15.0. The van der Waals surface area contributed by atoms with E-state index in [1.54, 1.807) is 7.11 Å². The summed E-state index contributed by atoms with van der Waals surface area (Å²) in [6.07, 6.45) is 1.74. The fourth-order valence-corrected chi connectivity index (χ4v) is 3.31. The minimum absolute atomic E-state index is 0.0481. The van der Waals surface area contributed by atoms with Gasteiger partial charge in [-0.3, -0.25) is 4.79 Å². The number of aryl methyl sites for hydroxylation is 2. The van der Waals surface area contributed by atoms with Gasteiger partial charge < -0.3 is 15.0 Å². The van der Waals surface area contributed by atoms with Gasteiger partial charge in [-0.2, -0.15) is 0 Å². The monoisotopic (exact) mass is 338 g/mol. The summed E-state index contributed by atoms with van der Waals surface area (Å²) >= 11 is 0. The Labute approximate surface area is 149 Å². The molecule has 4 heteroatoms. The molecule has 1 aliphatic rings. The minimum atomic E-state index is 0.0481. The molecule has 25 heavy (non-hydrogen) atoms. The molecule has 1 amide bonds. The van der Waals surface area contributed by atoms with Crippen LogP contribution in [-0.4, -0.2) is 26.1 Å². The molecule has 4 nitrogen and oxygen atoms in total. The number of amides is 1. The number of benzene rings is 2. The van der Waals surface area contributed by atoms with Gasteiger partial charge in [0.2, 0.25) is 5.91 Å². The molecule has 1 fully saturated rings. The zero-order valence-corrected chi connectivity index (χ0v) is 15.2. The van der Waals surface area contributed by atoms with E-state index >= 15 is 0 Å². The number of carbonyl (C=O) groups is 1. The Kier molecular flexibility index (Phi) is 5.27. The Morgan fingerprint density at radius 2 is 1.68 bits per heavy atom. The van der Waals surface area contributed by atoms with Gasteiger partial charge in [-0.15, -0.1) is 0 Å². The maximum absolute atomic E-state index is 12.6. The number of piperidine rings is 1. The predicted molar refractivity (Wildman–Crippen MR) is 102 cm³/mol. The van der Waals surface area contributed by atoms with Crippen molar-refractivity contribution in [1.82, 2.24) is 0 Å². The van der Waals surface area contributed by atoms with Crippen LogP contribution >= 0.6 is 0 Å². The molecule has 0 unspecified atom stereocenters. The van der Waals surface area contributed by atoms with E-state index in [0.29, 0.717) is 5.75 Å². The highest BCUT2D eigenvalue weighted by atomic mass is 16.5. The van der Waals surface area contributed by atoms with Crippen LogP contribution in [0.15, 0.2) is 42.5 Å². The van der Waals surface area contributed by atoms with Gasteiger partial charge in [-0.1, -0.05) is 23.8 Å². The third kappa shape index (κ3) is 4.13. The van der Waals surface area contributed by atoms with Crippen molar-refractivity contribution in [2.45, 2.75) is 26.7 Å². The highest BCUT2D eigenvalue weighted by Crippen LogP contribution is 2.28. The van der Waals surface area contributed by atoms with Crippen molar-refractivity contribution in [1.29, 1.82) is 0 Å². The molecule has 0 spiro atoms. The number of carbonyl (C=O) groups excluding carboxylic acids is 1. The van der Waals surface area contributed by atoms with Crippen LogP contribution in [0.3, 0.4) is 0 Å². The molecule has 1 saturated heterocycles. The molecule has 0 bridgehead atoms. The normalized spacial score (nSPS) is 15.1. The van der Waals surface area contributed by atoms with Crippen LogP contribution < -0.4 is 15.0 Å². The Balaban J connectivity index is 1.60. The van der Waals surface area contributed by atoms with Crippen molar-refractivity contribution < 1.29 is 9.53 Å². The summed E-state index contributed by atoms with van der Waals surface area (Å²) in [6.45, 7) is 5.92. The zero-order valence-electron chi connectivity index (χ0n) is 15.2. The molecule has 0 aliphatic carbocycles. The summed E-state index contributed by atoms with van der Waals surface area (Å²) in [6, 6.07) is 14.4. The lowest BCUT2D eigenvalue weighted by Gasteiger charge is -2.33. The first-order valence-corrected chi connectivity index (χ1v) is 8.84. The van der Waals surface area contributed by atoms with Crippen molar-refractivity contribution in [2.75, 3.05) is 30.4 Å². The van der Waals surface area contributed by atoms with E-state index in [4.69, 9.17) is 4.74 Å². The van der Waals surface area contributed by atoms with Gasteiger partial charge in [-0.25, -0.2) is 0 Å². The number of nitrogens with zero attached hydrogens (tertiary/aromatic N) is 1. The van der Waals surface area contributed by atoms with Crippen LogP contribution in [0.25, 0.3) is 0 Å². The number of anilines is 2. The number of nitrogens with one attached hydrogen (secondary N) is 1. The van der Waals surface area contributed by atoms with Crippen LogP contribution in [0.1, 0.15) is 24.0 Å². The maximum atomic E-state index is 12.6. The molecule has 0 atom stereocenters. The average molecular weight is 338 g/mol. The van der Waals surface area contributed by atoms with Crippen LogP contribution in [0.5, 0.6) is 5.75 Å². The summed E-state index contributed by atoms with van der Waals surface area (Å²) in [5.74, 6) is 0.843. The number of hydrogen-bond donors (Lipinski definition) is 1. The molecular formula is C21H26N2O2. The van der Waals surface area contributed by atoms with Gasteiger partial charge in [0, 0.05) is 24.7 Å². The van der Waals surface area contributed by atoms with Gasteiger partial charge in [-0.05, 0) is 56.5 Å². The molecule has 0 aromatic heterocycles. The van der Waals surface area contributed by atoms with Crippen LogP contribution in [-0.2, 0) is 4.79 Å². The van der Waals surface area contributed by atoms with Gasteiger partial charge in [0.25, 0.3) is 0 Å². The largest absolute Gasteiger partial charge is 0.495 e. The van der Waals surface area contributed by atoms with Crippen LogP contribution in [0.4, 0.5) is 11.4 Å². The van der Waals surface area contributed by atoms with Gasteiger partial charge in [0.15, 0.2) is 0 Å². The van der Waals surface area contributed by atoms with Gasteiger partial charge in [0.05, 0.1) is 12.8 Å². The van der Waals surface area contributed by atoms with Crippen LogP contribution in [0, 0.1) is 19.8 Å². The third-order valence-electron chi connectivity index (χ3n) is 4.88. The Hall–Kier alpha value is -2.49.